The molecule has 0 aliphatic carbocycles. The van der Waals surface area contributed by atoms with Gasteiger partial charge < -0.3 is 10.6 Å². The molecule has 2 N–H and O–H groups in total. The summed E-state index contributed by atoms with van der Waals surface area (Å²) in [5.74, 6) is 3.39. The van der Waals surface area contributed by atoms with Crippen LogP contribution in [0.1, 0.15) is 11.8 Å². The van der Waals surface area contributed by atoms with Crippen molar-refractivity contribution in [3.63, 3.8) is 0 Å². The Bertz CT molecular complexity index is 553. The average Bonchev–Trinajstić information content (AvgIpc) is 2.76. The van der Waals surface area contributed by atoms with Crippen LogP contribution in [0.4, 0.5) is 11.8 Å². The number of aryl methyl sites for hydroxylation is 1. The lowest BCUT2D eigenvalue weighted by Gasteiger charge is -2.13. The van der Waals surface area contributed by atoms with Gasteiger partial charge in [0.2, 0.25) is 5.95 Å². The predicted molar refractivity (Wildman–Crippen MR) is 87.7 cm³/mol. The van der Waals surface area contributed by atoms with Gasteiger partial charge in [-0.3, -0.25) is 0 Å². The smallest absolute Gasteiger partial charge is 0.225 e. The fourth-order valence-corrected chi connectivity index (χ4v) is 3.47. The molecule has 0 aromatic carbocycles. The van der Waals surface area contributed by atoms with Gasteiger partial charge in [0.15, 0.2) is 0 Å². The minimum Gasteiger partial charge on any atom is -0.369 e. The van der Waals surface area contributed by atoms with Gasteiger partial charge in [0.1, 0.15) is 10.6 Å². The Balaban J connectivity index is 2.24. The van der Waals surface area contributed by atoms with Gasteiger partial charge in [-0.1, -0.05) is 6.92 Å². The lowest BCUT2D eigenvalue weighted by molar-refractivity contribution is 0.700. The second-order valence-corrected chi connectivity index (χ2v) is 6.81. The second kappa shape index (κ2) is 6.43. The molecule has 1 atom stereocenters. The van der Waals surface area contributed by atoms with E-state index in [1.165, 1.54) is 4.88 Å². The maximum atomic E-state index is 4.53. The molecular formula is C13H20N4S2. The fourth-order valence-electron chi connectivity index (χ4n) is 1.90. The molecule has 2 rings (SSSR count). The molecule has 2 heterocycles. The summed E-state index contributed by atoms with van der Waals surface area (Å²) in [6.07, 6.45) is 2.14. The second-order valence-electron chi connectivity index (χ2n) is 4.66. The zero-order valence-electron chi connectivity index (χ0n) is 11.8. The van der Waals surface area contributed by atoms with E-state index >= 15 is 0 Å². The van der Waals surface area contributed by atoms with Crippen LogP contribution >= 0.6 is 23.1 Å². The number of hydrogen-bond donors (Lipinski definition) is 2. The van der Waals surface area contributed by atoms with Crippen LogP contribution < -0.4 is 10.6 Å². The molecule has 19 heavy (non-hydrogen) atoms. The van der Waals surface area contributed by atoms with Crippen molar-refractivity contribution in [2.75, 3.05) is 36.2 Å². The number of thiophene rings is 1. The molecule has 0 saturated carbocycles. The number of anilines is 2. The Labute approximate surface area is 122 Å². The first-order valence-electron chi connectivity index (χ1n) is 6.32. The summed E-state index contributed by atoms with van der Waals surface area (Å²) in [5.41, 5.74) is 0. The summed E-state index contributed by atoms with van der Waals surface area (Å²) in [4.78, 5) is 11.3. The number of aromatic nitrogens is 2. The average molecular weight is 296 g/mol. The molecular weight excluding hydrogens is 276 g/mol. The predicted octanol–water partition coefficient (Wildman–Crippen LogP) is 3.45. The third-order valence-electron chi connectivity index (χ3n) is 2.81. The van der Waals surface area contributed by atoms with Gasteiger partial charge in [0.05, 0.1) is 5.39 Å². The first kappa shape index (κ1) is 14.4. The standard InChI is InChI=1S/C13H20N4S2/c1-8(7-18-4)6-15-11-10-5-9(2)19-12(10)17-13(14-3)16-11/h5,8H,6-7H2,1-4H3,(H2,14,15,16,17). The van der Waals surface area contributed by atoms with Crippen LogP contribution in [0.5, 0.6) is 0 Å². The molecule has 0 aliphatic rings. The van der Waals surface area contributed by atoms with E-state index in [9.17, 15) is 0 Å². The Morgan fingerprint density at radius 1 is 1.42 bits per heavy atom. The molecule has 2 aromatic rings. The summed E-state index contributed by atoms with van der Waals surface area (Å²) in [6, 6.07) is 2.15. The van der Waals surface area contributed by atoms with Crippen LogP contribution in [0.3, 0.4) is 0 Å². The molecule has 104 valence electrons. The zero-order chi connectivity index (χ0) is 13.8. The molecule has 0 spiro atoms. The van der Waals surface area contributed by atoms with Crippen molar-refractivity contribution in [1.29, 1.82) is 0 Å². The van der Waals surface area contributed by atoms with Gasteiger partial charge in [0.25, 0.3) is 0 Å². The van der Waals surface area contributed by atoms with Crippen molar-refractivity contribution < 1.29 is 0 Å². The van der Waals surface area contributed by atoms with Crippen LogP contribution in [-0.4, -0.2) is 35.6 Å². The highest BCUT2D eigenvalue weighted by Gasteiger charge is 2.10. The van der Waals surface area contributed by atoms with Crippen molar-refractivity contribution in [1.82, 2.24) is 9.97 Å². The van der Waals surface area contributed by atoms with E-state index in [0.717, 1.165) is 28.3 Å². The highest BCUT2D eigenvalue weighted by Crippen LogP contribution is 2.29. The Kier molecular flexibility index (Phi) is 4.87. The molecule has 0 aliphatic heterocycles. The molecule has 4 nitrogen and oxygen atoms in total. The Morgan fingerprint density at radius 2 is 2.21 bits per heavy atom. The van der Waals surface area contributed by atoms with Gasteiger partial charge in [0, 0.05) is 18.5 Å². The number of nitrogens with one attached hydrogen (secondary N) is 2. The fraction of sp³-hybridized carbons (Fsp3) is 0.538. The number of fused-ring (bicyclic) bond motifs is 1. The van der Waals surface area contributed by atoms with Gasteiger partial charge in [-0.05, 0) is 30.9 Å². The number of thioether (sulfide) groups is 1. The van der Waals surface area contributed by atoms with E-state index in [0.29, 0.717) is 11.9 Å². The van der Waals surface area contributed by atoms with Crippen molar-refractivity contribution in [2.45, 2.75) is 13.8 Å². The van der Waals surface area contributed by atoms with Gasteiger partial charge in [-0.2, -0.15) is 16.7 Å². The van der Waals surface area contributed by atoms with Gasteiger partial charge >= 0.3 is 0 Å². The molecule has 0 radical (unpaired) electrons. The molecule has 6 heteroatoms. The molecule has 2 aromatic heterocycles. The van der Waals surface area contributed by atoms with Crippen LogP contribution in [-0.2, 0) is 0 Å². The summed E-state index contributed by atoms with van der Waals surface area (Å²) >= 11 is 3.58. The van der Waals surface area contributed by atoms with E-state index in [2.05, 4.69) is 46.8 Å². The minimum atomic E-state index is 0.623. The van der Waals surface area contributed by atoms with Crippen molar-refractivity contribution in [3.8, 4) is 0 Å². The molecule has 0 bridgehead atoms. The third-order valence-corrected chi connectivity index (χ3v) is 4.66. The van der Waals surface area contributed by atoms with Crippen LogP contribution in [0.25, 0.3) is 10.2 Å². The van der Waals surface area contributed by atoms with E-state index in [-0.39, 0.29) is 0 Å². The Morgan fingerprint density at radius 3 is 2.89 bits per heavy atom. The van der Waals surface area contributed by atoms with Crippen molar-refractivity contribution in [2.24, 2.45) is 5.92 Å². The monoisotopic (exact) mass is 296 g/mol. The maximum Gasteiger partial charge on any atom is 0.225 e. The number of hydrogen-bond acceptors (Lipinski definition) is 6. The Hall–Kier alpha value is -1.01. The van der Waals surface area contributed by atoms with Crippen molar-refractivity contribution in [3.05, 3.63) is 10.9 Å². The molecule has 0 saturated heterocycles. The van der Waals surface area contributed by atoms with E-state index in [1.54, 1.807) is 11.3 Å². The number of rotatable bonds is 6. The lowest BCUT2D eigenvalue weighted by atomic mass is 10.2. The summed E-state index contributed by atoms with van der Waals surface area (Å²) < 4.78 is 0. The molecule has 0 amide bonds. The van der Waals surface area contributed by atoms with Crippen molar-refractivity contribution >= 4 is 45.1 Å². The summed E-state index contributed by atoms with van der Waals surface area (Å²) in [5, 5.41) is 7.61. The lowest BCUT2D eigenvalue weighted by Crippen LogP contribution is -2.14. The van der Waals surface area contributed by atoms with E-state index in [1.807, 2.05) is 18.8 Å². The zero-order valence-corrected chi connectivity index (χ0v) is 13.4. The normalized spacial score (nSPS) is 12.6. The minimum absolute atomic E-state index is 0.623. The SMILES string of the molecule is CNc1nc(NCC(C)CSC)c2cc(C)sc2n1. The van der Waals surface area contributed by atoms with Crippen LogP contribution in [0.2, 0.25) is 0 Å². The quantitative estimate of drug-likeness (QED) is 0.855. The van der Waals surface area contributed by atoms with Crippen LogP contribution in [0.15, 0.2) is 6.07 Å². The number of nitrogens with zero attached hydrogens (tertiary/aromatic N) is 2. The van der Waals surface area contributed by atoms with Gasteiger partial charge in [-0.25, -0.2) is 4.98 Å². The van der Waals surface area contributed by atoms with Crippen LogP contribution in [0, 0.1) is 12.8 Å². The first-order chi connectivity index (χ1) is 9.13. The van der Waals surface area contributed by atoms with E-state index < -0.39 is 0 Å². The maximum absolute atomic E-state index is 4.53. The molecule has 0 fully saturated rings. The highest BCUT2D eigenvalue weighted by atomic mass is 32.2. The van der Waals surface area contributed by atoms with E-state index in [4.69, 9.17) is 0 Å². The molecule has 1 unspecified atom stereocenters. The first-order valence-corrected chi connectivity index (χ1v) is 8.53. The summed E-state index contributed by atoms with van der Waals surface area (Å²) in [6.45, 7) is 5.29. The highest BCUT2D eigenvalue weighted by molar-refractivity contribution is 7.98. The largest absolute Gasteiger partial charge is 0.369 e. The van der Waals surface area contributed by atoms with Gasteiger partial charge in [-0.15, -0.1) is 11.3 Å². The summed E-state index contributed by atoms with van der Waals surface area (Å²) in [7, 11) is 1.85. The topological polar surface area (TPSA) is 49.8 Å². The third kappa shape index (κ3) is 3.51.